The van der Waals surface area contributed by atoms with Crippen LogP contribution in [0, 0.1) is 17.5 Å². The number of amides is 1. The van der Waals surface area contributed by atoms with Crippen LogP contribution in [-0.2, 0) is 4.74 Å². The van der Waals surface area contributed by atoms with E-state index in [2.05, 4.69) is 5.32 Å². The third-order valence-electron chi connectivity index (χ3n) is 5.52. The van der Waals surface area contributed by atoms with E-state index in [1.807, 2.05) is 48.5 Å². The van der Waals surface area contributed by atoms with Crippen molar-refractivity contribution in [3.05, 3.63) is 94.8 Å². The van der Waals surface area contributed by atoms with Gasteiger partial charge in [-0.2, -0.15) is 0 Å². The van der Waals surface area contributed by atoms with Crippen LogP contribution in [0.4, 0.5) is 18.0 Å². The zero-order chi connectivity index (χ0) is 22.8. The molecule has 1 aliphatic carbocycles. The van der Waals surface area contributed by atoms with Crippen LogP contribution in [-0.4, -0.2) is 35.6 Å². The largest absolute Gasteiger partial charge is 0.449 e. The molecule has 8 heteroatoms. The summed E-state index contributed by atoms with van der Waals surface area (Å²) in [6.45, 7) is -0.438. The maximum absolute atomic E-state index is 13.8. The Balaban J connectivity index is 1.35. The average molecular weight is 443 g/mol. The highest BCUT2D eigenvalue weighted by atomic mass is 19.2. The molecule has 2 atom stereocenters. The van der Waals surface area contributed by atoms with Gasteiger partial charge in [-0.05, 0) is 28.3 Å². The first-order valence-corrected chi connectivity index (χ1v) is 9.96. The second-order valence-corrected chi connectivity index (χ2v) is 7.51. The third kappa shape index (κ3) is 4.19. The van der Waals surface area contributed by atoms with Gasteiger partial charge in [-0.1, -0.05) is 48.5 Å². The molecule has 0 saturated heterocycles. The molecule has 3 aromatic rings. The highest BCUT2D eigenvalue weighted by molar-refractivity contribution is 5.79. The number of halogens is 3. The number of hydrogen-bond acceptors (Lipinski definition) is 4. The van der Waals surface area contributed by atoms with Gasteiger partial charge in [0.25, 0.3) is 0 Å². The van der Waals surface area contributed by atoms with Crippen LogP contribution in [0.15, 0.2) is 60.7 Å². The van der Waals surface area contributed by atoms with Crippen molar-refractivity contribution in [2.75, 3.05) is 13.2 Å². The summed E-state index contributed by atoms with van der Waals surface area (Å²) in [6, 6.07) is 16.4. The molecule has 0 saturated carbocycles. The first-order chi connectivity index (χ1) is 15.4. The summed E-state index contributed by atoms with van der Waals surface area (Å²) in [5.74, 6) is -4.14. The Morgan fingerprint density at radius 3 is 2.09 bits per heavy atom. The number of benzene rings is 3. The first-order valence-electron chi connectivity index (χ1n) is 9.96. The summed E-state index contributed by atoms with van der Waals surface area (Å²) in [4.78, 5) is 12.1. The van der Waals surface area contributed by atoms with E-state index >= 15 is 0 Å². The summed E-state index contributed by atoms with van der Waals surface area (Å²) in [6.07, 6.45) is -4.39. The lowest BCUT2D eigenvalue weighted by Crippen LogP contribution is -2.36. The number of alkyl carbamates (subject to hydrolysis) is 1. The van der Waals surface area contributed by atoms with Gasteiger partial charge in [-0.3, -0.25) is 0 Å². The Morgan fingerprint density at radius 2 is 1.47 bits per heavy atom. The molecule has 1 aliphatic rings. The fourth-order valence-electron chi connectivity index (χ4n) is 3.92. The van der Waals surface area contributed by atoms with Crippen LogP contribution in [0.5, 0.6) is 0 Å². The van der Waals surface area contributed by atoms with E-state index in [-0.39, 0.29) is 18.6 Å². The maximum atomic E-state index is 13.8. The number of ether oxygens (including phenoxy) is 1. The van der Waals surface area contributed by atoms with Crippen LogP contribution in [0.3, 0.4) is 0 Å². The Bertz CT molecular complexity index is 1110. The molecule has 0 spiro atoms. The minimum absolute atomic E-state index is 0.0519. The van der Waals surface area contributed by atoms with Crippen molar-refractivity contribution < 1.29 is 32.9 Å². The molecule has 32 heavy (non-hydrogen) atoms. The molecule has 1 amide bonds. The highest BCUT2D eigenvalue weighted by Gasteiger charge is 2.29. The molecule has 0 heterocycles. The van der Waals surface area contributed by atoms with Gasteiger partial charge < -0.3 is 20.3 Å². The predicted octanol–water partition coefficient (Wildman–Crippen LogP) is 4.04. The minimum atomic E-state index is -1.88. The monoisotopic (exact) mass is 443 g/mol. The molecule has 2 unspecified atom stereocenters. The lowest BCUT2D eigenvalue weighted by atomic mass is 9.98. The molecule has 3 N–H and O–H groups in total. The number of carbonyl (C=O) groups is 1. The fraction of sp³-hybridized carbons (Fsp3) is 0.208. The molecule has 0 aliphatic heterocycles. The van der Waals surface area contributed by atoms with E-state index < -0.39 is 47.9 Å². The Kier molecular flexibility index (Phi) is 6.16. The fourth-order valence-corrected chi connectivity index (χ4v) is 3.92. The summed E-state index contributed by atoms with van der Waals surface area (Å²) < 4.78 is 45.5. The third-order valence-corrected chi connectivity index (χ3v) is 5.52. The summed E-state index contributed by atoms with van der Waals surface area (Å²) >= 11 is 0. The van der Waals surface area contributed by atoms with E-state index in [0.717, 1.165) is 22.3 Å². The van der Waals surface area contributed by atoms with Crippen molar-refractivity contribution in [3.63, 3.8) is 0 Å². The van der Waals surface area contributed by atoms with Gasteiger partial charge in [-0.15, -0.1) is 0 Å². The summed E-state index contributed by atoms with van der Waals surface area (Å²) in [5, 5.41) is 22.4. The van der Waals surface area contributed by atoms with E-state index in [9.17, 15) is 28.2 Å². The molecule has 0 radical (unpaired) electrons. The van der Waals surface area contributed by atoms with E-state index in [1.165, 1.54) is 0 Å². The second-order valence-electron chi connectivity index (χ2n) is 7.51. The SMILES string of the molecule is O=C(NCC(O)C(O)c1cc(F)c(F)cc1F)OCC1c2ccccc2-c2ccccc21. The zero-order valence-electron chi connectivity index (χ0n) is 16.8. The van der Waals surface area contributed by atoms with Gasteiger partial charge in [0.15, 0.2) is 11.6 Å². The number of rotatable bonds is 6. The Morgan fingerprint density at radius 1 is 0.906 bits per heavy atom. The van der Waals surface area contributed by atoms with Crippen LogP contribution >= 0.6 is 0 Å². The van der Waals surface area contributed by atoms with Gasteiger partial charge in [0, 0.05) is 24.1 Å². The van der Waals surface area contributed by atoms with Crippen molar-refractivity contribution in [3.8, 4) is 11.1 Å². The van der Waals surface area contributed by atoms with Crippen LogP contribution in [0.25, 0.3) is 11.1 Å². The molecule has 0 aromatic heterocycles. The summed E-state index contributed by atoms with van der Waals surface area (Å²) in [5.41, 5.74) is 3.59. The molecule has 0 bridgehead atoms. The van der Waals surface area contributed by atoms with Crippen molar-refractivity contribution in [2.24, 2.45) is 0 Å². The molecule has 4 rings (SSSR count). The van der Waals surface area contributed by atoms with Gasteiger partial charge in [0.1, 0.15) is 24.6 Å². The number of aliphatic hydroxyl groups is 2. The Hall–Kier alpha value is -3.36. The van der Waals surface area contributed by atoms with Crippen molar-refractivity contribution in [1.29, 1.82) is 0 Å². The van der Waals surface area contributed by atoms with Gasteiger partial charge in [0.2, 0.25) is 0 Å². The lowest BCUT2D eigenvalue weighted by molar-refractivity contribution is 0.0163. The van der Waals surface area contributed by atoms with E-state index in [4.69, 9.17) is 4.74 Å². The molecular formula is C24H20F3NO4. The van der Waals surface area contributed by atoms with Crippen molar-refractivity contribution in [1.82, 2.24) is 5.32 Å². The van der Waals surface area contributed by atoms with Crippen LogP contribution < -0.4 is 5.32 Å². The van der Waals surface area contributed by atoms with Crippen LogP contribution in [0.1, 0.15) is 28.7 Å². The minimum Gasteiger partial charge on any atom is -0.449 e. The molecule has 166 valence electrons. The highest BCUT2D eigenvalue weighted by Crippen LogP contribution is 2.44. The van der Waals surface area contributed by atoms with Crippen LogP contribution in [0.2, 0.25) is 0 Å². The van der Waals surface area contributed by atoms with E-state index in [0.29, 0.717) is 6.07 Å². The quantitative estimate of drug-likeness (QED) is 0.503. The van der Waals surface area contributed by atoms with Gasteiger partial charge in [0.05, 0.1) is 0 Å². The maximum Gasteiger partial charge on any atom is 0.407 e. The zero-order valence-corrected chi connectivity index (χ0v) is 16.8. The molecular weight excluding hydrogens is 423 g/mol. The topological polar surface area (TPSA) is 78.8 Å². The van der Waals surface area contributed by atoms with Crippen molar-refractivity contribution >= 4 is 6.09 Å². The Labute approximate surface area is 182 Å². The number of hydrogen-bond donors (Lipinski definition) is 3. The predicted molar refractivity (Wildman–Crippen MR) is 110 cm³/mol. The standard InChI is InChI=1S/C24H20F3NO4/c25-19-10-21(27)20(26)9-17(19)23(30)22(29)11-28-24(31)32-12-18-15-7-3-1-5-13(15)14-6-2-4-8-16(14)18/h1-10,18,22-23,29-30H,11-12H2,(H,28,31). The normalized spacial score (nSPS) is 14.4. The average Bonchev–Trinajstić information content (AvgIpc) is 3.11. The number of carbonyl (C=O) groups excluding carboxylic acids is 1. The van der Waals surface area contributed by atoms with Gasteiger partial charge >= 0.3 is 6.09 Å². The van der Waals surface area contributed by atoms with Gasteiger partial charge in [-0.25, -0.2) is 18.0 Å². The summed E-state index contributed by atoms with van der Waals surface area (Å²) in [7, 11) is 0. The second kappa shape index (κ2) is 9.02. The smallest absolute Gasteiger partial charge is 0.407 e. The van der Waals surface area contributed by atoms with Crippen molar-refractivity contribution in [2.45, 2.75) is 18.1 Å². The number of aliphatic hydroxyl groups excluding tert-OH is 2. The number of nitrogens with one attached hydrogen (secondary N) is 1. The molecule has 0 fully saturated rings. The first kappa shape index (κ1) is 21.9. The molecule has 3 aromatic carbocycles. The lowest BCUT2D eigenvalue weighted by Gasteiger charge is -2.20. The molecule has 5 nitrogen and oxygen atoms in total. The number of fused-ring (bicyclic) bond motifs is 3. The van der Waals surface area contributed by atoms with E-state index in [1.54, 1.807) is 0 Å².